The van der Waals surface area contributed by atoms with E-state index in [1.165, 1.54) is 6.07 Å². The summed E-state index contributed by atoms with van der Waals surface area (Å²) in [6, 6.07) is 3.15. The van der Waals surface area contributed by atoms with E-state index >= 15 is 0 Å². The minimum atomic E-state index is -0.632. The average molecular weight is 250 g/mol. The number of amides is 1. The number of carbonyl (C=O) groups excluding carboxylic acids is 1. The van der Waals surface area contributed by atoms with Crippen molar-refractivity contribution in [3.8, 4) is 0 Å². The molecule has 0 aliphatic carbocycles. The summed E-state index contributed by atoms with van der Waals surface area (Å²) in [5.74, 6) is 0.00190. The van der Waals surface area contributed by atoms with E-state index in [9.17, 15) is 9.90 Å². The van der Waals surface area contributed by atoms with Crippen LogP contribution in [-0.4, -0.2) is 34.7 Å². The van der Waals surface area contributed by atoms with Crippen LogP contribution >= 0.6 is 0 Å². The van der Waals surface area contributed by atoms with Crippen molar-refractivity contribution in [1.82, 2.24) is 4.98 Å². The molecule has 1 amide bonds. The van der Waals surface area contributed by atoms with Crippen molar-refractivity contribution in [2.45, 2.75) is 25.4 Å². The summed E-state index contributed by atoms with van der Waals surface area (Å²) in [5.41, 5.74) is 11.2. The Morgan fingerprint density at radius 1 is 1.44 bits per heavy atom. The Labute approximate surface area is 106 Å². The highest BCUT2D eigenvalue weighted by Gasteiger charge is 2.28. The zero-order valence-electron chi connectivity index (χ0n) is 10.4. The van der Waals surface area contributed by atoms with Gasteiger partial charge in [-0.05, 0) is 31.9 Å². The molecule has 1 aliphatic rings. The van der Waals surface area contributed by atoms with Gasteiger partial charge < -0.3 is 21.5 Å². The third kappa shape index (κ3) is 2.53. The van der Waals surface area contributed by atoms with Crippen molar-refractivity contribution in [3.05, 3.63) is 17.8 Å². The number of carbonyl (C=O) groups is 1. The lowest BCUT2D eigenvalue weighted by atomic mass is 9.94. The maximum Gasteiger partial charge on any atom is 0.267 e. The maximum absolute atomic E-state index is 11.1. The second kappa shape index (κ2) is 4.45. The molecule has 0 spiro atoms. The molecule has 2 rings (SSSR count). The molecule has 18 heavy (non-hydrogen) atoms. The third-order valence-electron chi connectivity index (χ3n) is 3.30. The molecule has 98 valence electrons. The molecule has 6 heteroatoms. The normalized spacial score (nSPS) is 18.7. The number of pyridine rings is 1. The van der Waals surface area contributed by atoms with Crippen molar-refractivity contribution < 1.29 is 9.90 Å². The van der Waals surface area contributed by atoms with Gasteiger partial charge in [0.1, 0.15) is 5.69 Å². The van der Waals surface area contributed by atoms with Gasteiger partial charge in [0.2, 0.25) is 0 Å². The van der Waals surface area contributed by atoms with E-state index in [-0.39, 0.29) is 5.69 Å². The number of hydrogen-bond donors (Lipinski definition) is 3. The number of nitrogen functional groups attached to an aromatic ring is 1. The Bertz CT molecular complexity index is 463. The minimum absolute atomic E-state index is 0.205. The summed E-state index contributed by atoms with van der Waals surface area (Å²) < 4.78 is 0. The maximum atomic E-state index is 11.1. The summed E-state index contributed by atoms with van der Waals surface area (Å²) >= 11 is 0. The Morgan fingerprint density at radius 3 is 2.61 bits per heavy atom. The molecular formula is C12H18N4O2. The molecule has 0 saturated carbocycles. The predicted molar refractivity (Wildman–Crippen MR) is 69.2 cm³/mol. The average Bonchev–Trinajstić information content (AvgIpc) is 2.30. The second-order valence-electron chi connectivity index (χ2n) is 4.96. The topological polar surface area (TPSA) is 105 Å². The Morgan fingerprint density at radius 2 is 2.06 bits per heavy atom. The van der Waals surface area contributed by atoms with Gasteiger partial charge in [0, 0.05) is 13.1 Å². The number of nitrogens with two attached hydrogens (primary N) is 2. The summed E-state index contributed by atoms with van der Waals surface area (Å²) in [6.07, 6.45) is 1.30. The van der Waals surface area contributed by atoms with Crippen molar-refractivity contribution in [2.75, 3.05) is 23.7 Å². The number of hydrogen-bond acceptors (Lipinski definition) is 5. The van der Waals surface area contributed by atoms with Gasteiger partial charge in [-0.2, -0.15) is 0 Å². The summed E-state index contributed by atoms with van der Waals surface area (Å²) in [7, 11) is 0. The molecule has 0 radical (unpaired) electrons. The lowest BCUT2D eigenvalue weighted by Gasteiger charge is -2.36. The van der Waals surface area contributed by atoms with Gasteiger partial charge in [-0.1, -0.05) is 0 Å². The summed E-state index contributed by atoms with van der Waals surface area (Å²) in [4.78, 5) is 17.3. The smallest absolute Gasteiger partial charge is 0.267 e. The molecule has 0 atom stereocenters. The number of aromatic nitrogens is 1. The van der Waals surface area contributed by atoms with Crippen LogP contribution in [0, 0.1) is 0 Å². The number of rotatable bonds is 2. The first-order valence-corrected chi connectivity index (χ1v) is 5.93. The fourth-order valence-corrected chi connectivity index (χ4v) is 2.05. The van der Waals surface area contributed by atoms with E-state index in [1.807, 2.05) is 11.8 Å². The van der Waals surface area contributed by atoms with Crippen LogP contribution in [0.3, 0.4) is 0 Å². The molecular weight excluding hydrogens is 232 g/mol. The highest BCUT2D eigenvalue weighted by molar-refractivity contribution is 5.91. The Balaban J connectivity index is 2.23. The van der Waals surface area contributed by atoms with Gasteiger partial charge in [0.05, 0.1) is 11.3 Å². The number of nitrogens with zero attached hydrogens (tertiary/aromatic N) is 2. The first-order valence-electron chi connectivity index (χ1n) is 5.93. The summed E-state index contributed by atoms with van der Waals surface area (Å²) in [5, 5.41) is 9.90. The van der Waals surface area contributed by atoms with Crippen LogP contribution in [0.1, 0.15) is 30.3 Å². The quantitative estimate of drug-likeness (QED) is 0.691. The molecule has 1 aromatic rings. The molecule has 1 saturated heterocycles. The van der Waals surface area contributed by atoms with Crippen LogP contribution in [0.25, 0.3) is 0 Å². The first kappa shape index (κ1) is 12.6. The van der Waals surface area contributed by atoms with E-state index in [2.05, 4.69) is 4.98 Å². The van der Waals surface area contributed by atoms with Gasteiger partial charge in [0.15, 0.2) is 5.82 Å². The van der Waals surface area contributed by atoms with E-state index in [0.29, 0.717) is 37.4 Å². The fourth-order valence-electron chi connectivity index (χ4n) is 2.05. The van der Waals surface area contributed by atoms with E-state index in [1.54, 1.807) is 6.07 Å². The molecule has 1 aliphatic heterocycles. The zero-order valence-corrected chi connectivity index (χ0v) is 10.4. The summed E-state index contributed by atoms with van der Waals surface area (Å²) in [6.45, 7) is 3.14. The monoisotopic (exact) mass is 250 g/mol. The fraction of sp³-hybridized carbons (Fsp3) is 0.500. The van der Waals surface area contributed by atoms with Crippen molar-refractivity contribution >= 4 is 17.4 Å². The number of anilines is 2. The van der Waals surface area contributed by atoms with Gasteiger partial charge in [-0.3, -0.25) is 4.79 Å². The van der Waals surface area contributed by atoms with Gasteiger partial charge in [0.25, 0.3) is 5.91 Å². The number of primary amides is 1. The van der Waals surface area contributed by atoms with Gasteiger partial charge >= 0.3 is 0 Å². The van der Waals surface area contributed by atoms with Crippen molar-refractivity contribution in [1.29, 1.82) is 0 Å². The molecule has 0 aromatic carbocycles. The largest absolute Gasteiger partial charge is 0.396 e. The Hall–Kier alpha value is -1.82. The van der Waals surface area contributed by atoms with Crippen molar-refractivity contribution in [3.63, 3.8) is 0 Å². The molecule has 0 bridgehead atoms. The second-order valence-corrected chi connectivity index (χ2v) is 4.96. The van der Waals surface area contributed by atoms with E-state index in [0.717, 1.165) is 0 Å². The van der Waals surface area contributed by atoms with Gasteiger partial charge in [-0.25, -0.2) is 4.98 Å². The number of piperidine rings is 1. The highest BCUT2D eigenvalue weighted by Crippen LogP contribution is 2.28. The standard InChI is InChI=1S/C12H18N4O2/c1-12(18)4-6-16(7-5-12)11-8(13)2-3-9(15-11)10(14)17/h2-3,18H,4-7,13H2,1H3,(H2,14,17). The van der Waals surface area contributed by atoms with Crippen LogP contribution in [0.4, 0.5) is 11.5 Å². The molecule has 5 N–H and O–H groups in total. The lowest BCUT2D eigenvalue weighted by molar-refractivity contribution is 0.0350. The molecule has 1 aromatic heterocycles. The van der Waals surface area contributed by atoms with Crippen LogP contribution in [0.2, 0.25) is 0 Å². The molecule has 0 unspecified atom stereocenters. The zero-order chi connectivity index (χ0) is 13.3. The van der Waals surface area contributed by atoms with Gasteiger partial charge in [-0.15, -0.1) is 0 Å². The first-order chi connectivity index (χ1) is 8.39. The van der Waals surface area contributed by atoms with Crippen LogP contribution < -0.4 is 16.4 Å². The SMILES string of the molecule is CC1(O)CCN(c2nc(C(N)=O)ccc2N)CC1. The predicted octanol–water partition coefficient (Wildman–Crippen LogP) is 0.114. The van der Waals surface area contributed by atoms with E-state index < -0.39 is 11.5 Å². The Kier molecular flexibility index (Phi) is 3.13. The molecule has 2 heterocycles. The highest BCUT2D eigenvalue weighted by atomic mass is 16.3. The third-order valence-corrected chi connectivity index (χ3v) is 3.30. The minimum Gasteiger partial charge on any atom is -0.396 e. The van der Waals surface area contributed by atoms with Crippen molar-refractivity contribution in [2.24, 2.45) is 5.73 Å². The molecule has 1 fully saturated rings. The lowest BCUT2D eigenvalue weighted by Crippen LogP contribution is -2.43. The van der Waals surface area contributed by atoms with Crippen LogP contribution in [0.5, 0.6) is 0 Å². The van der Waals surface area contributed by atoms with E-state index in [4.69, 9.17) is 11.5 Å². The van der Waals surface area contributed by atoms with Crippen LogP contribution in [0.15, 0.2) is 12.1 Å². The number of aliphatic hydroxyl groups is 1. The van der Waals surface area contributed by atoms with Crippen LogP contribution in [-0.2, 0) is 0 Å². The molecule has 6 nitrogen and oxygen atoms in total.